The van der Waals surface area contributed by atoms with Gasteiger partial charge in [-0.25, -0.2) is 4.79 Å². The van der Waals surface area contributed by atoms with E-state index in [0.717, 1.165) is 44.1 Å². The Morgan fingerprint density at radius 2 is 1.76 bits per heavy atom. The molecule has 1 saturated carbocycles. The van der Waals surface area contributed by atoms with Crippen molar-refractivity contribution in [3.8, 4) is 11.8 Å². The van der Waals surface area contributed by atoms with Gasteiger partial charge in [-0.3, -0.25) is 14.5 Å². The SMILES string of the molecule is CC#CCN1C(=O)N[C@](CCc2ccccc2)(C2CCN(C(=O)C3CCCCC3)CC2)C1=O. The molecule has 2 heterocycles. The zero-order valence-electron chi connectivity index (χ0n) is 19.6. The van der Waals surface area contributed by atoms with Crippen molar-refractivity contribution in [1.29, 1.82) is 0 Å². The summed E-state index contributed by atoms with van der Waals surface area (Å²) in [6.07, 6.45) is 8.25. The molecule has 33 heavy (non-hydrogen) atoms. The minimum Gasteiger partial charge on any atom is -0.342 e. The molecule has 6 heteroatoms. The van der Waals surface area contributed by atoms with Gasteiger partial charge in [0.2, 0.25) is 5.91 Å². The van der Waals surface area contributed by atoms with E-state index in [9.17, 15) is 14.4 Å². The fourth-order valence-electron chi connectivity index (χ4n) is 5.78. The van der Waals surface area contributed by atoms with E-state index in [1.54, 1.807) is 6.92 Å². The quantitative estimate of drug-likeness (QED) is 0.531. The Bertz CT molecular complexity index is 921. The number of amides is 4. The largest absolute Gasteiger partial charge is 0.342 e. The lowest BCUT2D eigenvalue weighted by molar-refractivity contribution is -0.139. The van der Waals surface area contributed by atoms with E-state index in [-0.39, 0.29) is 36.2 Å². The van der Waals surface area contributed by atoms with Gasteiger partial charge in [0.25, 0.3) is 5.91 Å². The number of hydrogen-bond acceptors (Lipinski definition) is 3. The maximum Gasteiger partial charge on any atom is 0.325 e. The fraction of sp³-hybridized carbons (Fsp3) is 0.593. The molecule has 2 aliphatic heterocycles. The van der Waals surface area contributed by atoms with E-state index in [4.69, 9.17) is 0 Å². The van der Waals surface area contributed by atoms with Crippen molar-refractivity contribution in [2.75, 3.05) is 19.6 Å². The van der Waals surface area contributed by atoms with Gasteiger partial charge in [0.1, 0.15) is 5.54 Å². The van der Waals surface area contributed by atoms with Crippen LogP contribution in [0.5, 0.6) is 0 Å². The lowest BCUT2D eigenvalue weighted by atomic mass is 9.74. The zero-order valence-corrected chi connectivity index (χ0v) is 19.6. The molecule has 6 nitrogen and oxygen atoms in total. The molecule has 176 valence electrons. The Kier molecular flexibility index (Phi) is 7.37. The number of likely N-dealkylation sites (tertiary alicyclic amines) is 1. The van der Waals surface area contributed by atoms with Crippen LogP contribution >= 0.6 is 0 Å². The molecule has 1 aromatic rings. The Morgan fingerprint density at radius 3 is 2.42 bits per heavy atom. The van der Waals surface area contributed by atoms with Crippen LogP contribution in [0.25, 0.3) is 0 Å². The topological polar surface area (TPSA) is 69.7 Å². The second-order valence-corrected chi connectivity index (χ2v) is 9.64. The molecular formula is C27H35N3O3. The number of nitrogens with one attached hydrogen (secondary N) is 1. The van der Waals surface area contributed by atoms with Crippen molar-refractivity contribution in [2.45, 2.75) is 70.3 Å². The van der Waals surface area contributed by atoms with Gasteiger partial charge in [0, 0.05) is 19.0 Å². The van der Waals surface area contributed by atoms with Crippen molar-refractivity contribution < 1.29 is 14.4 Å². The Balaban J connectivity index is 1.49. The van der Waals surface area contributed by atoms with Crippen molar-refractivity contribution in [3.05, 3.63) is 35.9 Å². The summed E-state index contributed by atoms with van der Waals surface area (Å²) in [5, 5.41) is 3.09. The predicted octanol–water partition coefficient (Wildman–Crippen LogP) is 3.75. The Labute approximate surface area is 197 Å². The van der Waals surface area contributed by atoms with Gasteiger partial charge in [0.15, 0.2) is 0 Å². The number of hydrogen-bond donors (Lipinski definition) is 1. The van der Waals surface area contributed by atoms with Gasteiger partial charge in [-0.15, -0.1) is 5.92 Å². The third-order valence-electron chi connectivity index (χ3n) is 7.72. The van der Waals surface area contributed by atoms with Crippen LogP contribution in [-0.2, 0) is 16.0 Å². The highest BCUT2D eigenvalue weighted by molar-refractivity contribution is 6.07. The van der Waals surface area contributed by atoms with E-state index < -0.39 is 5.54 Å². The van der Waals surface area contributed by atoms with Crippen molar-refractivity contribution in [3.63, 3.8) is 0 Å². The number of piperidine rings is 1. The lowest BCUT2D eigenvalue weighted by Gasteiger charge is -2.42. The van der Waals surface area contributed by atoms with Crippen LogP contribution in [0.3, 0.4) is 0 Å². The summed E-state index contributed by atoms with van der Waals surface area (Å²) in [4.78, 5) is 42.7. The molecule has 1 N–H and O–H groups in total. The molecule has 0 aromatic heterocycles. The molecule has 3 aliphatic rings. The van der Waals surface area contributed by atoms with Gasteiger partial charge in [-0.05, 0) is 56.9 Å². The first kappa shape index (κ1) is 23.4. The molecule has 0 bridgehead atoms. The van der Waals surface area contributed by atoms with Crippen molar-refractivity contribution in [1.82, 2.24) is 15.1 Å². The number of aryl methyl sites for hydroxylation is 1. The molecule has 4 rings (SSSR count). The van der Waals surface area contributed by atoms with Gasteiger partial charge >= 0.3 is 6.03 Å². The minimum absolute atomic E-state index is 0.00709. The molecule has 1 atom stereocenters. The smallest absolute Gasteiger partial charge is 0.325 e. The molecule has 0 spiro atoms. The van der Waals surface area contributed by atoms with Crippen LogP contribution in [0, 0.1) is 23.7 Å². The van der Waals surface area contributed by atoms with Crippen LogP contribution in [0.2, 0.25) is 0 Å². The van der Waals surface area contributed by atoms with E-state index in [1.807, 2.05) is 23.1 Å². The summed E-state index contributed by atoms with van der Waals surface area (Å²) in [5.74, 6) is 5.94. The normalized spacial score (nSPS) is 24.4. The highest BCUT2D eigenvalue weighted by atomic mass is 16.2. The Morgan fingerprint density at radius 1 is 1.06 bits per heavy atom. The molecule has 3 fully saturated rings. The summed E-state index contributed by atoms with van der Waals surface area (Å²) in [7, 11) is 0. The average Bonchev–Trinajstić information content (AvgIpc) is 3.11. The molecule has 2 saturated heterocycles. The minimum atomic E-state index is -0.928. The summed E-state index contributed by atoms with van der Waals surface area (Å²) < 4.78 is 0. The fourth-order valence-corrected chi connectivity index (χ4v) is 5.78. The monoisotopic (exact) mass is 449 g/mol. The first-order valence-electron chi connectivity index (χ1n) is 12.4. The highest BCUT2D eigenvalue weighted by Crippen LogP contribution is 2.38. The summed E-state index contributed by atoms with van der Waals surface area (Å²) in [6.45, 7) is 3.14. The lowest BCUT2D eigenvalue weighted by Crippen LogP contribution is -2.57. The standard InChI is InChI=1S/C27H35N3O3/c1-2-3-18-30-25(32)27(28-26(30)33,17-14-21-10-6-4-7-11-21)23-15-19-29(20-16-23)24(31)22-12-8-5-9-13-22/h4,6-7,10-11,22-23H,5,8-9,12-20H2,1H3,(H,28,33)/t27-/m1/s1. The van der Waals surface area contributed by atoms with Crippen LogP contribution < -0.4 is 5.32 Å². The molecule has 1 aliphatic carbocycles. The average molecular weight is 450 g/mol. The maximum absolute atomic E-state index is 13.6. The molecule has 4 amide bonds. The number of carbonyl (C=O) groups is 3. The van der Waals surface area contributed by atoms with E-state index >= 15 is 0 Å². The van der Waals surface area contributed by atoms with Crippen molar-refractivity contribution >= 4 is 17.8 Å². The number of nitrogens with zero attached hydrogens (tertiary/aromatic N) is 2. The van der Waals surface area contributed by atoms with Gasteiger partial charge in [-0.1, -0.05) is 55.5 Å². The van der Waals surface area contributed by atoms with Crippen LogP contribution in [0.1, 0.15) is 63.9 Å². The van der Waals surface area contributed by atoms with Gasteiger partial charge < -0.3 is 10.2 Å². The number of urea groups is 1. The van der Waals surface area contributed by atoms with E-state index in [2.05, 4.69) is 29.3 Å². The van der Waals surface area contributed by atoms with E-state index in [1.165, 1.54) is 11.3 Å². The molecule has 0 unspecified atom stereocenters. The molecule has 0 radical (unpaired) electrons. The van der Waals surface area contributed by atoms with E-state index in [0.29, 0.717) is 25.9 Å². The third kappa shape index (κ3) is 4.93. The molecule has 1 aromatic carbocycles. The summed E-state index contributed by atoms with van der Waals surface area (Å²) in [6, 6.07) is 9.73. The van der Waals surface area contributed by atoms with Gasteiger partial charge in [-0.2, -0.15) is 0 Å². The second-order valence-electron chi connectivity index (χ2n) is 9.64. The second kappa shape index (κ2) is 10.4. The predicted molar refractivity (Wildman–Crippen MR) is 127 cm³/mol. The summed E-state index contributed by atoms with van der Waals surface area (Å²) >= 11 is 0. The number of benzene rings is 1. The zero-order chi connectivity index (χ0) is 23.3. The number of rotatable bonds is 6. The Hall–Kier alpha value is -2.81. The molecular weight excluding hydrogens is 414 g/mol. The summed E-state index contributed by atoms with van der Waals surface area (Å²) in [5.41, 5.74) is 0.220. The van der Waals surface area contributed by atoms with Gasteiger partial charge in [0.05, 0.1) is 6.54 Å². The van der Waals surface area contributed by atoms with Crippen LogP contribution in [0.15, 0.2) is 30.3 Å². The number of imide groups is 1. The van der Waals surface area contributed by atoms with Crippen molar-refractivity contribution in [2.24, 2.45) is 11.8 Å². The van der Waals surface area contributed by atoms with Crippen LogP contribution in [0.4, 0.5) is 4.79 Å². The highest BCUT2D eigenvalue weighted by Gasteiger charge is 2.55. The third-order valence-corrected chi connectivity index (χ3v) is 7.72. The first-order chi connectivity index (χ1) is 16.0. The van der Waals surface area contributed by atoms with Crippen LogP contribution in [-0.4, -0.2) is 52.8 Å². The first-order valence-corrected chi connectivity index (χ1v) is 12.4. The maximum atomic E-state index is 13.6. The number of carbonyl (C=O) groups excluding carboxylic acids is 3.